The molecule has 2 aliphatic rings. The summed E-state index contributed by atoms with van der Waals surface area (Å²) in [6, 6.07) is 5.63. The highest BCUT2D eigenvalue weighted by molar-refractivity contribution is 5.44. The first-order valence-corrected chi connectivity index (χ1v) is 7.70. The maximum absolute atomic E-state index is 10.5. The van der Waals surface area contributed by atoms with Gasteiger partial charge in [0.05, 0.1) is 25.9 Å². The highest BCUT2D eigenvalue weighted by atomic mass is 16.5. The fourth-order valence-electron chi connectivity index (χ4n) is 3.37. The Morgan fingerprint density at radius 1 is 1.33 bits per heavy atom. The molecule has 2 unspecified atom stereocenters. The first-order chi connectivity index (χ1) is 10.0. The molecule has 0 aromatic heterocycles. The van der Waals surface area contributed by atoms with E-state index in [4.69, 9.17) is 14.2 Å². The third-order valence-electron chi connectivity index (χ3n) is 4.68. The van der Waals surface area contributed by atoms with E-state index < -0.39 is 6.10 Å². The number of aliphatic hydroxyl groups is 1. The van der Waals surface area contributed by atoms with Crippen LogP contribution in [0.3, 0.4) is 0 Å². The summed E-state index contributed by atoms with van der Waals surface area (Å²) in [7, 11) is 1.64. The summed E-state index contributed by atoms with van der Waals surface area (Å²) in [5.41, 5.74) is 0.542. The molecular weight excluding hydrogens is 268 g/mol. The molecule has 0 saturated carbocycles. The van der Waals surface area contributed by atoms with Crippen LogP contribution in [0.2, 0.25) is 0 Å². The van der Waals surface area contributed by atoms with E-state index in [9.17, 15) is 5.11 Å². The molecule has 1 saturated heterocycles. The van der Waals surface area contributed by atoms with Crippen molar-refractivity contribution < 1.29 is 19.3 Å². The smallest absolute Gasteiger partial charge is 0.129 e. The van der Waals surface area contributed by atoms with Crippen molar-refractivity contribution in [2.45, 2.75) is 50.9 Å². The summed E-state index contributed by atoms with van der Waals surface area (Å²) in [6.07, 6.45) is 2.00. The monoisotopic (exact) mass is 292 g/mol. The molecule has 116 valence electrons. The summed E-state index contributed by atoms with van der Waals surface area (Å²) in [5, 5.41) is 10.5. The molecule has 3 atom stereocenters. The number of fused-ring (bicyclic) bond motifs is 1. The lowest BCUT2D eigenvalue weighted by Crippen LogP contribution is -2.49. The average molecular weight is 292 g/mol. The topological polar surface area (TPSA) is 47.9 Å². The molecule has 0 aliphatic carbocycles. The van der Waals surface area contributed by atoms with Gasteiger partial charge in [-0.15, -0.1) is 0 Å². The molecule has 2 heterocycles. The zero-order valence-corrected chi connectivity index (χ0v) is 13.0. The number of methoxy groups -OCH3 is 1. The maximum atomic E-state index is 10.5. The highest BCUT2D eigenvalue weighted by Gasteiger charge is 2.45. The van der Waals surface area contributed by atoms with Crippen LogP contribution in [0.15, 0.2) is 18.2 Å². The minimum Gasteiger partial charge on any atom is -0.497 e. The molecule has 21 heavy (non-hydrogen) atoms. The minimum atomic E-state index is -0.481. The number of rotatable bonds is 2. The average Bonchev–Trinajstić information content (AvgIpc) is 2.46. The van der Waals surface area contributed by atoms with Crippen LogP contribution in [0.1, 0.15) is 44.8 Å². The van der Waals surface area contributed by atoms with Gasteiger partial charge in [0.1, 0.15) is 17.1 Å². The summed E-state index contributed by atoms with van der Waals surface area (Å²) in [5.74, 6) is 1.96. The molecular formula is C17H24O4. The van der Waals surface area contributed by atoms with E-state index in [1.54, 1.807) is 7.11 Å². The van der Waals surface area contributed by atoms with Crippen LogP contribution >= 0.6 is 0 Å². The summed E-state index contributed by atoms with van der Waals surface area (Å²) in [4.78, 5) is 0. The SMILES string of the molecule is COc1ccc2c(c1)OC1(CCOC(C(C)C)C1)C[C@H]2O. The van der Waals surface area contributed by atoms with Crippen molar-refractivity contribution in [1.82, 2.24) is 0 Å². The summed E-state index contributed by atoms with van der Waals surface area (Å²) >= 11 is 0. The van der Waals surface area contributed by atoms with Crippen molar-refractivity contribution in [3.8, 4) is 11.5 Å². The van der Waals surface area contributed by atoms with Gasteiger partial charge in [0, 0.05) is 30.9 Å². The normalized spacial score (nSPS) is 31.9. The Labute approximate surface area is 126 Å². The summed E-state index contributed by atoms with van der Waals surface area (Å²) in [6.45, 7) is 5.02. The van der Waals surface area contributed by atoms with Gasteiger partial charge in [0.2, 0.25) is 0 Å². The van der Waals surface area contributed by atoms with E-state index in [1.807, 2.05) is 18.2 Å². The number of ether oxygens (including phenoxy) is 3. The van der Waals surface area contributed by atoms with Crippen LogP contribution in [0, 0.1) is 5.92 Å². The molecule has 1 spiro atoms. The number of hydrogen-bond donors (Lipinski definition) is 1. The van der Waals surface area contributed by atoms with Gasteiger partial charge in [-0.2, -0.15) is 0 Å². The third kappa shape index (κ3) is 2.74. The van der Waals surface area contributed by atoms with E-state index in [0.717, 1.165) is 29.9 Å². The van der Waals surface area contributed by atoms with Gasteiger partial charge in [-0.1, -0.05) is 13.8 Å². The highest BCUT2D eigenvalue weighted by Crippen LogP contribution is 2.46. The second-order valence-corrected chi connectivity index (χ2v) is 6.52. The maximum Gasteiger partial charge on any atom is 0.129 e. The van der Waals surface area contributed by atoms with Crippen molar-refractivity contribution in [3.63, 3.8) is 0 Å². The van der Waals surface area contributed by atoms with Crippen LogP contribution in [-0.4, -0.2) is 30.5 Å². The van der Waals surface area contributed by atoms with Crippen molar-refractivity contribution >= 4 is 0 Å². The van der Waals surface area contributed by atoms with Gasteiger partial charge in [-0.25, -0.2) is 0 Å². The van der Waals surface area contributed by atoms with Crippen molar-refractivity contribution in [2.24, 2.45) is 5.92 Å². The number of hydrogen-bond acceptors (Lipinski definition) is 4. The van der Waals surface area contributed by atoms with Crippen LogP contribution < -0.4 is 9.47 Å². The Hall–Kier alpha value is -1.26. The molecule has 4 nitrogen and oxygen atoms in total. The molecule has 0 bridgehead atoms. The van der Waals surface area contributed by atoms with Crippen molar-refractivity contribution in [2.75, 3.05) is 13.7 Å². The Morgan fingerprint density at radius 2 is 2.14 bits per heavy atom. The number of benzene rings is 1. The Kier molecular flexibility index (Phi) is 3.84. The van der Waals surface area contributed by atoms with E-state index in [2.05, 4.69) is 13.8 Å². The van der Waals surface area contributed by atoms with Gasteiger partial charge >= 0.3 is 0 Å². The Morgan fingerprint density at radius 3 is 2.86 bits per heavy atom. The molecule has 1 N–H and O–H groups in total. The van der Waals surface area contributed by atoms with Crippen molar-refractivity contribution in [3.05, 3.63) is 23.8 Å². The van der Waals surface area contributed by atoms with Gasteiger partial charge in [-0.3, -0.25) is 0 Å². The first-order valence-electron chi connectivity index (χ1n) is 7.70. The van der Waals surface area contributed by atoms with E-state index in [1.165, 1.54) is 0 Å². The molecule has 4 heteroatoms. The fourth-order valence-corrected chi connectivity index (χ4v) is 3.37. The molecule has 1 fully saturated rings. The van der Waals surface area contributed by atoms with Crippen molar-refractivity contribution in [1.29, 1.82) is 0 Å². The second-order valence-electron chi connectivity index (χ2n) is 6.52. The van der Waals surface area contributed by atoms with Gasteiger partial charge in [0.15, 0.2) is 0 Å². The largest absolute Gasteiger partial charge is 0.497 e. The Bertz CT molecular complexity index is 514. The lowest BCUT2D eigenvalue weighted by molar-refractivity contribution is -0.127. The van der Waals surface area contributed by atoms with E-state index in [-0.39, 0.29) is 11.7 Å². The third-order valence-corrected chi connectivity index (χ3v) is 4.68. The second kappa shape index (κ2) is 5.50. The molecule has 0 amide bonds. The van der Waals surface area contributed by atoms with E-state index >= 15 is 0 Å². The molecule has 2 aliphatic heterocycles. The standard InChI is InChI=1S/C17H24O4/c1-11(2)16-10-17(6-7-20-16)9-14(18)13-5-4-12(19-3)8-15(13)21-17/h4-5,8,11,14,16,18H,6-7,9-10H2,1-3H3/t14-,16?,17?/m1/s1. The van der Waals surface area contributed by atoms with Gasteiger partial charge in [-0.05, 0) is 18.1 Å². The number of aliphatic hydroxyl groups excluding tert-OH is 1. The predicted octanol–water partition coefficient (Wildman–Crippen LogP) is 3.08. The minimum absolute atomic E-state index is 0.193. The quantitative estimate of drug-likeness (QED) is 0.910. The lowest BCUT2D eigenvalue weighted by Gasteiger charge is -2.46. The Balaban J connectivity index is 1.89. The predicted molar refractivity (Wildman–Crippen MR) is 79.7 cm³/mol. The fraction of sp³-hybridized carbons (Fsp3) is 0.647. The molecule has 1 aromatic rings. The van der Waals surface area contributed by atoms with Gasteiger partial charge in [0.25, 0.3) is 0 Å². The molecule has 3 rings (SSSR count). The van der Waals surface area contributed by atoms with E-state index in [0.29, 0.717) is 18.9 Å². The zero-order chi connectivity index (χ0) is 15.0. The van der Waals surface area contributed by atoms with Crippen LogP contribution in [0.25, 0.3) is 0 Å². The lowest BCUT2D eigenvalue weighted by atomic mass is 9.79. The van der Waals surface area contributed by atoms with Crippen LogP contribution in [-0.2, 0) is 4.74 Å². The van der Waals surface area contributed by atoms with Gasteiger partial charge < -0.3 is 19.3 Å². The zero-order valence-electron chi connectivity index (χ0n) is 13.0. The first kappa shape index (κ1) is 14.7. The van der Waals surface area contributed by atoms with Crippen LogP contribution in [0.4, 0.5) is 0 Å². The molecule has 0 radical (unpaired) electrons. The summed E-state index contributed by atoms with van der Waals surface area (Å²) < 4.78 is 17.4. The van der Waals surface area contributed by atoms with Crippen LogP contribution in [0.5, 0.6) is 11.5 Å². The molecule has 1 aromatic carbocycles.